The van der Waals surface area contributed by atoms with Crippen molar-refractivity contribution in [1.29, 1.82) is 0 Å². The number of piperidine rings is 1. The highest BCUT2D eigenvalue weighted by molar-refractivity contribution is 5.94. The van der Waals surface area contributed by atoms with E-state index in [1.165, 1.54) is 0 Å². The molecule has 1 aromatic heterocycles. The van der Waals surface area contributed by atoms with Gasteiger partial charge in [-0.1, -0.05) is 31.5 Å². The van der Waals surface area contributed by atoms with Crippen molar-refractivity contribution in [3.8, 4) is 0 Å². The minimum atomic E-state index is 0.111. The van der Waals surface area contributed by atoms with Gasteiger partial charge in [-0.15, -0.1) is 0 Å². The lowest BCUT2D eigenvalue weighted by molar-refractivity contribution is 0.0714. The number of nitrogens with one attached hydrogen (secondary N) is 1. The first-order valence-electron chi connectivity index (χ1n) is 9.10. The van der Waals surface area contributed by atoms with Gasteiger partial charge in [-0.3, -0.25) is 4.79 Å². The minimum Gasteiger partial charge on any atom is -0.365 e. The second-order valence-electron chi connectivity index (χ2n) is 6.64. The predicted molar refractivity (Wildman–Crippen MR) is 99.8 cm³/mol. The average Bonchev–Trinajstić information content (AvgIpc) is 2.64. The van der Waals surface area contributed by atoms with Crippen LogP contribution in [0.2, 0.25) is 0 Å². The van der Waals surface area contributed by atoms with E-state index in [0.717, 1.165) is 55.0 Å². The van der Waals surface area contributed by atoms with E-state index in [0.29, 0.717) is 6.54 Å². The first-order chi connectivity index (χ1) is 12.2. The predicted octanol–water partition coefficient (Wildman–Crippen LogP) is 3.45. The maximum absolute atomic E-state index is 12.7. The Morgan fingerprint density at radius 1 is 1.32 bits per heavy atom. The second kappa shape index (κ2) is 8.10. The fraction of sp³-hybridized carbons (Fsp3) is 0.450. The van der Waals surface area contributed by atoms with Crippen molar-refractivity contribution in [2.45, 2.75) is 45.6 Å². The van der Waals surface area contributed by atoms with Crippen molar-refractivity contribution >= 4 is 11.7 Å². The molecule has 1 amide bonds. The van der Waals surface area contributed by atoms with Gasteiger partial charge in [-0.2, -0.15) is 0 Å². The summed E-state index contributed by atoms with van der Waals surface area (Å²) in [4.78, 5) is 23.5. The Hall–Kier alpha value is -2.43. The minimum absolute atomic E-state index is 0.111. The molecule has 5 nitrogen and oxygen atoms in total. The van der Waals surface area contributed by atoms with E-state index >= 15 is 0 Å². The van der Waals surface area contributed by atoms with E-state index in [9.17, 15) is 4.79 Å². The molecule has 1 unspecified atom stereocenters. The summed E-state index contributed by atoms with van der Waals surface area (Å²) in [5.41, 5.74) is 1.91. The number of hydrogen-bond donors (Lipinski definition) is 1. The van der Waals surface area contributed by atoms with Crippen LogP contribution < -0.4 is 5.32 Å². The molecular formula is C20H26N4O. The van der Waals surface area contributed by atoms with Crippen LogP contribution in [0, 0.1) is 6.92 Å². The second-order valence-corrected chi connectivity index (χ2v) is 6.64. The topological polar surface area (TPSA) is 58.1 Å². The van der Waals surface area contributed by atoms with Crippen molar-refractivity contribution in [3.63, 3.8) is 0 Å². The van der Waals surface area contributed by atoms with Crippen LogP contribution >= 0.6 is 0 Å². The van der Waals surface area contributed by atoms with Crippen molar-refractivity contribution < 1.29 is 4.79 Å². The third kappa shape index (κ3) is 4.35. The molecule has 5 heteroatoms. The maximum Gasteiger partial charge on any atom is 0.253 e. The van der Waals surface area contributed by atoms with E-state index in [-0.39, 0.29) is 11.9 Å². The van der Waals surface area contributed by atoms with Crippen LogP contribution in [0.1, 0.15) is 47.9 Å². The molecule has 0 saturated carbocycles. The maximum atomic E-state index is 12.7. The summed E-state index contributed by atoms with van der Waals surface area (Å²) in [6.07, 6.45) is 5.99. The van der Waals surface area contributed by atoms with E-state index in [1.807, 2.05) is 48.4 Å². The van der Waals surface area contributed by atoms with Crippen LogP contribution in [0.25, 0.3) is 0 Å². The van der Waals surface area contributed by atoms with Gasteiger partial charge < -0.3 is 10.2 Å². The van der Waals surface area contributed by atoms with Gasteiger partial charge in [0.1, 0.15) is 11.6 Å². The molecule has 1 saturated heterocycles. The Kier molecular flexibility index (Phi) is 5.64. The summed E-state index contributed by atoms with van der Waals surface area (Å²) in [7, 11) is 0. The van der Waals surface area contributed by atoms with Gasteiger partial charge in [0, 0.05) is 36.5 Å². The van der Waals surface area contributed by atoms with Gasteiger partial charge in [0.15, 0.2) is 0 Å². The number of aromatic nitrogens is 2. The van der Waals surface area contributed by atoms with Crippen LogP contribution in [-0.4, -0.2) is 39.9 Å². The molecule has 1 aliphatic rings. The van der Waals surface area contributed by atoms with E-state index in [2.05, 4.69) is 22.2 Å². The Balaban J connectivity index is 1.70. The number of amides is 1. The Morgan fingerprint density at radius 2 is 2.12 bits per heavy atom. The highest BCUT2D eigenvalue weighted by atomic mass is 16.2. The fourth-order valence-corrected chi connectivity index (χ4v) is 3.31. The summed E-state index contributed by atoms with van der Waals surface area (Å²) < 4.78 is 0. The summed E-state index contributed by atoms with van der Waals surface area (Å²) in [6, 6.07) is 9.75. The number of carbonyl (C=O) groups is 1. The van der Waals surface area contributed by atoms with Crippen molar-refractivity contribution in [2.24, 2.45) is 0 Å². The molecule has 3 rings (SSSR count). The van der Waals surface area contributed by atoms with E-state index < -0.39 is 0 Å². The first kappa shape index (κ1) is 17.4. The number of anilines is 1. The fourth-order valence-electron chi connectivity index (χ4n) is 3.31. The zero-order valence-electron chi connectivity index (χ0n) is 15.0. The number of benzene rings is 1. The smallest absolute Gasteiger partial charge is 0.253 e. The van der Waals surface area contributed by atoms with E-state index in [4.69, 9.17) is 0 Å². The van der Waals surface area contributed by atoms with Crippen LogP contribution in [0.3, 0.4) is 0 Å². The first-order valence-corrected chi connectivity index (χ1v) is 9.10. The molecule has 0 aliphatic carbocycles. The number of aryl methyl sites for hydroxylation is 2. The lowest BCUT2D eigenvalue weighted by Crippen LogP contribution is -2.45. The van der Waals surface area contributed by atoms with Gasteiger partial charge in [0.25, 0.3) is 5.91 Å². The monoisotopic (exact) mass is 338 g/mol. The van der Waals surface area contributed by atoms with Gasteiger partial charge in [-0.25, -0.2) is 9.97 Å². The molecule has 0 spiro atoms. The van der Waals surface area contributed by atoms with Gasteiger partial charge >= 0.3 is 0 Å². The SMILES string of the molecule is CCCc1cnc(C)nc1NC1CCCN(C(=O)c2ccccc2)C1. The molecule has 1 N–H and O–H groups in total. The Bertz CT molecular complexity index is 717. The number of likely N-dealkylation sites (tertiary alicyclic amines) is 1. The van der Waals surface area contributed by atoms with Crippen molar-refractivity contribution in [2.75, 3.05) is 18.4 Å². The average molecular weight is 338 g/mol. The molecule has 25 heavy (non-hydrogen) atoms. The van der Waals surface area contributed by atoms with Gasteiger partial charge in [-0.05, 0) is 38.3 Å². The standard InChI is InChI=1S/C20H26N4O/c1-3-8-17-13-21-15(2)22-19(17)23-18-11-7-12-24(14-18)20(25)16-9-5-4-6-10-16/h4-6,9-10,13,18H,3,7-8,11-12,14H2,1-2H3,(H,21,22,23). The molecule has 1 fully saturated rings. The van der Waals surface area contributed by atoms with Crippen LogP contribution in [-0.2, 0) is 6.42 Å². The zero-order chi connectivity index (χ0) is 17.6. The number of nitrogens with zero attached hydrogens (tertiary/aromatic N) is 3. The summed E-state index contributed by atoms with van der Waals surface area (Å²) in [5.74, 6) is 1.81. The molecule has 0 bridgehead atoms. The molecule has 0 radical (unpaired) electrons. The van der Waals surface area contributed by atoms with Gasteiger partial charge in [0.05, 0.1) is 0 Å². The molecule has 1 atom stereocenters. The largest absolute Gasteiger partial charge is 0.365 e. The van der Waals surface area contributed by atoms with Crippen molar-refractivity contribution in [1.82, 2.24) is 14.9 Å². The summed E-state index contributed by atoms with van der Waals surface area (Å²) in [5, 5.41) is 3.57. The Labute approximate surface area is 149 Å². The van der Waals surface area contributed by atoms with Gasteiger partial charge in [0.2, 0.25) is 0 Å². The molecule has 1 aliphatic heterocycles. The molecule has 2 heterocycles. The highest BCUT2D eigenvalue weighted by Gasteiger charge is 2.25. The summed E-state index contributed by atoms with van der Waals surface area (Å²) >= 11 is 0. The third-order valence-corrected chi connectivity index (χ3v) is 4.57. The van der Waals surface area contributed by atoms with Crippen LogP contribution in [0.15, 0.2) is 36.5 Å². The van der Waals surface area contributed by atoms with E-state index in [1.54, 1.807) is 0 Å². The third-order valence-electron chi connectivity index (χ3n) is 4.57. The van der Waals surface area contributed by atoms with Crippen LogP contribution in [0.4, 0.5) is 5.82 Å². The lowest BCUT2D eigenvalue weighted by Gasteiger charge is -2.34. The molecule has 1 aromatic carbocycles. The summed E-state index contributed by atoms with van der Waals surface area (Å²) in [6.45, 7) is 5.59. The van der Waals surface area contributed by atoms with Crippen molar-refractivity contribution in [3.05, 3.63) is 53.5 Å². The number of rotatable bonds is 5. The Morgan fingerprint density at radius 3 is 2.88 bits per heavy atom. The number of hydrogen-bond acceptors (Lipinski definition) is 4. The molecular weight excluding hydrogens is 312 g/mol. The lowest BCUT2D eigenvalue weighted by atomic mass is 10.0. The number of carbonyl (C=O) groups excluding carboxylic acids is 1. The molecule has 2 aromatic rings. The quantitative estimate of drug-likeness (QED) is 0.907. The molecule has 132 valence electrons. The highest BCUT2D eigenvalue weighted by Crippen LogP contribution is 2.20. The zero-order valence-corrected chi connectivity index (χ0v) is 15.0. The van der Waals surface area contributed by atoms with Crippen LogP contribution in [0.5, 0.6) is 0 Å². The normalized spacial score (nSPS) is 17.4.